The van der Waals surface area contributed by atoms with Crippen molar-refractivity contribution in [1.82, 2.24) is 0 Å². The summed E-state index contributed by atoms with van der Waals surface area (Å²) < 4.78 is 2.66. The summed E-state index contributed by atoms with van der Waals surface area (Å²) in [4.78, 5) is 5.07. The van der Waals surface area contributed by atoms with Gasteiger partial charge in [0.15, 0.2) is 0 Å². The molecule has 0 saturated heterocycles. The van der Waals surface area contributed by atoms with Crippen molar-refractivity contribution in [3.05, 3.63) is 125 Å². The van der Waals surface area contributed by atoms with Crippen molar-refractivity contribution in [3.8, 4) is 0 Å². The molecule has 230 valence electrons. The van der Waals surface area contributed by atoms with Crippen LogP contribution in [0.25, 0.3) is 10.1 Å². The van der Waals surface area contributed by atoms with E-state index in [1.54, 1.807) is 0 Å². The Morgan fingerprint density at radius 3 is 1.85 bits per heavy atom. The summed E-state index contributed by atoms with van der Waals surface area (Å²) >= 11 is 9.18. The molecule has 2 aliphatic rings. The average Bonchev–Trinajstić information content (AvgIpc) is 3.40. The van der Waals surface area contributed by atoms with E-state index < -0.39 is 6.04 Å². The standard InChI is InChI=1S/C41H39N2PS2/c1-24(2)29-15-17-38-33(21-29)39-41(46-38)44(45)37-16-14-28(7)20-34(37)42(31-12-8-10-26(5)18-31)35-22-30(25(3)4)23-36(40(35)44)43(39)32-13-9-11-27(6)19-32/h8-25H,1-7H3. The number of anilines is 6. The lowest BCUT2D eigenvalue weighted by molar-refractivity contribution is 0.866. The molecule has 2 nitrogen and oxygen atoms in total. The van der Waals surface area contributed by atoms with E-state index in [0.717, 1.165) is 0 Å². The van der Waals surface area contributed by atoms with E-state index in [1.165, 1.54) is 87.3 Å². The molecule has 2 aliphatic heterocycles. The molecule has 0 N–H and O–H groups in total. The number of benzene rings is 5. The van der Waals surface area contributed by atoms with E-state index in [2.05, 4.69) is 155 Å². The van der Waals surface area contributed by atoms with Gasteiger partial charge in [-0.25, -0.2) is 0 Å². The van der Waals surface area contributed by atoms with Crippen LogP contribution in [0, 0.1) is 20.8 Å². The molecule has 0 spiro atoms. The lowest BCUT2D eigenvalue weighted by Gasteiger charge is -2.46. The highest BCUT2D eigenvalue weighted by Crippen LogP contribution is 2.64. The molecule has 1 unspecified atom stereocenters. The molecule has 8 rings (SSSR count). The summed E-state index contributed by atoms with van der Waals surface area (Å²) in [5.74, 6) is 0.793. The Balaban J connectivity index is 1.58. The van der Waals surface area contributed by atoms with Crippen LogP contribution in [0.15, 0.2) is 97.1 Å². The number of hydrogen-bond acceptors (Lipinski definition) is 4. The Morgan fingerprint density at radius 2 is 1.22 bits per heavy atom. The van der Waals surface area contributed by atoms with Crippen LogP contribution in [0.2, 0.25) is 0 Å². The number of rotatable bonds is 4. The van der Waals surface area contributed by atoms with Gasteiger partial charge in [0.25, 0.3) is 0 Å². The molecule has 3 heterocycles. The van der Waals surface area contributed by atoms with Crippen molar-refractivity contribution in [3.63, 3.8) is 0 Å². The normalized spacial score (nSPS) is 16.6. The molecule has 0 saturated carbocycles. The van der Waals surface area contributed by atoms with Crippen LogP contribution in [0.1, 0.15) is 67.3 Å². The summed E-state index contributed by atoms with van der Waals surface area (Å²) in [6.45, 7) is 15.8. The van der Waals surface area contributed by atoms with Crippen molar-refractivity contribution < 1.29 is 0 Å². The van der Waals surface area contributed by atoms with Crippen molar-refractivity contribution in [2.45, 2.75) is 60.3 Å². The fourth-order valence-corrected chi connectivity index (χ4v) is 14.1. The van der Waals surface area contributed by atoms with Crippen LogP contribution >= 0.6 is 17.4 Å². The van der Waals surface area contributed by atoms with E-state index in [4.69, 9.17) is 11.8 Å². The zero-order valence-corrected chi connectivity index (χ0v) is 30.1. The second kappa shape index (κ2) is 10.7. The first-order chi connectivity index (χ1) is 22.1. The third-order valence-electron chi connectivity index (χ3n) is 9.63. The highest BCUT2D eigenvalue weighted by molar-refractivity contribution is 8.27. The van der Waals surface area contributed by atoms with Crippen LogP contribution < -0.4 is 25.0 Å². The van der Waals surface area contributed by atoms with Gasteiger partial charge in [0.2, 0.25) is 0 Å². The quantitative estimate of drug-likeness (QED) is 0.174. The first kappa shape index (κ1) is 29.7. The first-order valence-electron chi connectivity index (χ1n) is 16.3. The Morgan fingerprint density at radius 1 is 0.609 bits per heavy atom. The van der Waals surface area contributed by atoms with Crippen molar-refractivity contribution in [2.75, 3.05) is 9.80 Å². The maximum absolute atomic E-state index is 7.26. The summed E-state index contributed by atoms with van der Waals surface area (Å²) in [5.41, 5.74) is 13.8. The summed E-state index contributed by atoms with van der Waals surface area (Å²) in [6, 6.07) is 34.4. The van der Waals surface area contributed by atoms with Gasteiger partial charge in [0.1, 0.15) is 0 Å². The molecule has 46 heavy (non-hydrogen) atoms. The predicted molar refractivity (Wildman–Crippen MR) is 207 cm³/mol. The topological polar surface area (TPSA) is 6.48 Å². The Bertz CT molecular complexity index is 2260. The second-order valence-electron chi connectivity index (χ2n) is 13.7. The van der Waals surface area contributed by atoms with Crippen LogP contribution in [0.5, 0.6) is 0 Å². The van der Waals surface area contributed by atoms with Crippen LogP contribution in [0.3, 0.4) is 0 Å². The van der Waals surface area contributed by atoms with Gasteiger partial charge < -0.3 is 9.80 Å². The smallest absolute Gasteiger partial charge is 0.0739 e. The van der Waals surface area contributed by atoms with Gasteiger partial charge in [-0.15, -0.1) is 11.3 Å². The molecule has 5 heteroatoms. The van der Waals surface area contributed by atoms with Crippen molar-refractivity contribution in [2.24, 2.45) is 0 Å². The van der Waals surface area contributed by atoms with Gasteiger partial charge in [-0.2, -0.15) is 0 Å². The fourth-order valence-electron chi connectivity index (χ4n) is 7.24. The summed E-state index contributed by atoms with van der Waals surface area (Å²) in [5, 5.41) is 3.92. The highest BCUT2D eigenvalue weighted by Gasteiger charge is 2.47. The maximum atomic E-state index is 7.26. The monoisotopic (exact) mass is 654 g/mol. The molecule has 1 atom stereocenters. The fraction of sp³-hybridized carbons (Fsp3) is 0.220. The van der Waals surface area contributed by atoms with Gasteiger partial charge in [0.05, 0.1) is 33.4 Å². The molecule has 6 aromatic rings. The number of aryl methyl sites for hydroxylation is 3. The first-order valence-corrected chi connectivity index (χ1v) is 19.9. The largest absolute Gasteiger partial charge is 0.309 e. The van der Waals surface area contributed by atoms with E-state index in [9.17, 15) is 0 Å². The number of nitrogens with zero attached hydrogens (tertiary/aromatic N) is 2. The molecule has 5 aromatic carbocycles. The number of hydrogen-bond donors (Lipinski definition) is 0. The van der Waals surface area contributed by atoms with E-state index in [0.29, 0.717) is 11.8 Å². The second-order valence-corrected chi connectivity index (χ2v) is 19.3. The van der Waals surface area contributed by atoms with Crippen LogP contribution in [0.4, 0.5) is 34.1 Å². The number of fused-ring (bicyclic) bond motifs is 6. The van der Waals surface area contributed by atoms with Gasteiger partial charge >= 0.3 is 0 Å². The molecular weight excluding hydrogens is 616 g/mol. The molecular formula is C41H39N2PS2. The molecule has 0 bridgehead atoms. The summed E-state index contributed by atoms with van der Waals surface area (Å²) in [7, 11) is 0. The van der Waals surface area contributed by atoms with Gasteiger partial charge in [-0.3, -0.25) is 0 Å². The zero-order chi connectivity index (χ0) is 32.1. The minimum Gasteiger partial charge on any atom is -0.309 e. The van der Waals surface area contributed by atoms with Gasteiger partial charge in [-0.1, -0.05) is 82.0 Å². The van der Waals surface area contributed by atoms with E-state index in [-0.39, 0.29) is 0 Å². The number of thiophene rings is 1. The molecule has 0 fully saturated rings. The zero-order valence-electron chi connectivity index (χ0n) is 27.6. The summed E-state index contributed by atoms with van der Waals surface area (Å²) in [6.07, 6.45) is 0. The molecule has 0 aliphatic carbocycles. The highest BCUT2D eigenvalue weighted by atomic mass is 32.4. The van der Waals surface area contributed by atoms with Crippen LogP contribution in [-0.4, -0.2) is 0 Å². The average molecular weight is 655 g/mol. The Labute approximate surface area is 282 Å². The predicted octanol–water partition coefficient (Wildman–Crippen LogP) is 11.4. The van der Waals surface area contributed by atoms with Gasteiger partial charge in [0, 0.05) is 32.1 Å². The Hall–Kier alpha value is -3.69. The maximum Gasteiger partial charge on any atom is 0.0739 e. The Kier molecular flexibility index (Phi) is 6.89. The van der Waals surface area contributed by atoms with Crippen molar-refractivity contribution >= 4 is 88.6 Å². The third-order valence-corrected chi connectivity index (χ3v) is 16.6. The minimum absolute atomic E-state index is 0.352. The lowest BCUT2D eigenvalue weighted by atomic mass is 9.98. The van der Waals surface area contributed by atoms with E-state index >= 15 is 0 Å². The third kappa shape index (κ3) is 4.30. The SMILES string of the molecule is Cc1cccc(N2c3cc(C)ccc3P3(=S)c4sc5ccc(C(C)C)cc5c4N(c4cccc(C)c4)c4cc(C(C)C)cc2c43)c1. The molecule has 1 aromatic heterocycles. The molecule has 0 radical (unpaired) electrons. The van der Waals surface area contributed by atoms with Gasteiger partial charge in [-0.05, 0) is 115 Å². The lowest BCUT2D eigenvalue weighted by Crippen LogP contribution is -2.42. The molecule has 0 amide bonds. The van der Waals surface area contributed by atoms with Crippen molar-refractivity contribution in [1.29, 1.82) is 0 Å². The van der Waals surface area contributed by atoms with Crippen LogP contribution in [-0.2, 0) is 11.8 Å². The van der Waals surface area contributed by atoms with E-state index in [1.807, 2.05) is 11.3 Å². The minimum atomic E-state index is -2.47.